The fourth-order valence-corrected chi connectivity index (χ4v) is 3.89. The Morgan fingerprint density at radius 1 is 0.875 bits per heavy atom. The molecular formula is C14H26N2. The zero-order chi connectivity index (χ0) is 10.8. The molecule has 3 rings (SSSR count). The molecule has 1 saturated heterocycles. The van der Waals surface area contributed by atoms with Crippen LogP contribution in [0.5, 0.6) is 0 Å². The summed E-state index contributed by atoms with van der Waals surface area (Å²) in [4.78, 5) is 0. The maximum atomic E-state index is 3.94. The molecule has 92 valence electrons. The van der Waals surface area contributed by atoms with E-state index in [2.05, 4.69) is 10.6 Å². The summed E-state index contributed by atoms with van der Waals surface area (Å²) in [7, 11) is 0. The highest BCUT2D eigenvalue weighted by molar-refractivity contribution is 5.02. The Hall–Kier alpha value is -0.0800. The molecule has 1 atom stereocenters. The largest absolute Gasteiger partial charge is 0.311 e. The van der Waals surface area contributed by atoms with Crippen LogP contribution in [-0.2, 0) is 0 Å². The molecule has 1 spiro atoms. The molecule has 0 aromatic carbocycles. The molecular weight excluding hydrogens is 196 g/mol. The molecule has 2 nitrogen and oxygen atoms in total. The highest BCUT2D eigenvalue weighted by atomic mass is 15.1. The van der Waals surface area contributed by atoms with Crippen molar-refractivity contribution in [3.05, 3.63) is 0 Å². The van der Waals surface area contributed by atoms with Crippen molar-refractivity contribution in [2.75, 3.05) is 6.54 Å². The summed E-state index contributed by atoms with van der Waals surface area (Å²) >= 11 is 0. The van der Waals surface area contributed by atoms with Crippen molar-refractivity contribution >= 4 is 0 Å². The molecule has 1 heterocycles. The molecule has 0 bridgehead atoms. The second-order valence-corrected chi connectivity index (χ2v) is 6.25. The van der Waals surface area contributed by atoms with E-state index in [1.165, 1.54) is 70.8 Å². The van der Waals surface area contributed by atoms with Gasteiger partial charge in [0.05, 0.1) is 0 Å². The first-order valence-corrected chi connectivity index (χ1v) is 7.37. The van der Waals surface area contributed by atoms with Crippen LogP contribution in [-0.4, -0.2) is 24.2 Å². The smallest absolute Gasteiger partial charge is 0.0196 e. The first-order chi connectivity index (χ1) is 7.86. The molecule has 0 aromatic rings. The Balaban J connectivity index is 1.50. The predicted octanol–water partition coefficient (Wildman–Crippen LogP) is 2.58. The Kier molecular flexibility index (Phi) is 3.21. The van der Waals surface area contributed by atoms with Crippen LogP contribution in [0.25, 0.3) is 0 Å². The quantitative estimate of drug-likeness (QED) is 0.750. The number of piperidine rings is 1. The van der Waals surface area contributed by atoms with Gasteiger partial charge in [-0.1, -0.05) is 19.3 Å². The van der Waals surface area contributed by atoms with E-state index in [1.54, 1.807) is 0 Å². The van der Waals surface area contributed by atoms with Crippen molar-refractivity contribution in [2.45, 2.75) is 81.8 Å². The van der Waals surface area contributed by atoms with Gasteiger partial charge in [-0.2, -0.15) is 0 Å². The fraction of sp³-hybridized carbons (Fsp3) is 1.00. The van der Waals surface area contributed by atoms with E-state index in [1.807, 2.05) is 0 Å². The second kappa shape index (κ2) is 4.66. The van der Waals surface area contributed by atoms with Crippen LogP contribution in [0.4, 0.5) is 0 Å². The third kappa shape index (κ3) is 2.28. The van der Waals surface area contributed by atoms with Gasteiger partial charge in [0.25, 0.3) is 0 Å². The average molecular weight is 222 g/mol. The minimum absolute atomic E-state index is 0.560. The molecule has 0 amide bonds. The van der Waals surface area contributed by atoms with Crippen LogP contribution < -0.4 is 10.6 Å². The molecule has 2 saturated carbocycles. The summed E-state index contributed by atoms with van der Waals surface area (Å²) in [6.07, 6.45) is 14.3. The Bertz CT molecular complexity index is 229. The summed E-state index contributed by atoms with van der Waals surface area (Å²) in [5.41, 5.74) is 0.560. The summed E-state index contributed by atoms with van der Waals surface area (Å²) < 4.78 is 0. The van der Waals surface area contributed by atoms with Crippen LogP contribution in [0.2, 0.25) is 0 Å². The molecule has 16 heavy (non-hydrogen) atoms. The molecule has 3 fully saturated rings. The Morgan fingerprint density at radius 3 is 2.38 bits per heavy atom. The lowest BCUT2D eigenvalue weighted by Gasteiger charge is -2.49. The molecule has 1 unspecified atom stereocenters. The van der Waals surface area contributed by atoms with Crippen molar-refractivity contribution in [2.24, 2.45) is 0 Å². The van der Waals surface area contributed by atoms with Gasteiger partial charge in [0.1, 0.15) is 0 Å². The highest BCUT2D eigenvalue weighted by Crippen LogP contribution is 2.38. The monoisotopic (exact) mass is 222 g/mol. The van der Waals surface area contributed by atoms with Gasteiger partial charge in [-0.15, -0.1) is 0 Å². The SMILES string of the molecule is C1CCC(NC2CCNC3(CCC3)C2)CC1. The third-order valence-electron chi connectivity index (χ3n) is 5.02. The lowest BCUT2D eigenvalue weighted by molar-refractivity contribution is 0.112. The molecule has 2 N–H and O–H groups in total. The topological polar surface area (TPSA) is 24.1 Å². The van der Waals surface area contributed by atoms with E-state index in [0.717, 1.165) is 12.1 Å². The van der Waals surface area contributed by atoms with Gasteiger partial charge in [0, 0.05) is 17.6 Å². The van der Waals surface area contributed by atoms with E-state index < -0.39 is 0 Å². The van der Waals surface area contributed by atoms with Crippen LogP contribution in [0.3, 0.4) is 0 Å². The van der Waals surface area contributed by atoms with Crippen LogP contribution in [0, 0.1) is 0 Å². The molecule has 1 aliphatic heterocycles. The van der Waals surface area contributed by atoms with Crippen LogP contribution in [0.1, 0.15) is 64.2 Å². The van der Waals surface area contributed by atoms with E-state index in [0.29, 0.717) is 5.54 Å². The van der Waals surface area contributed by atoms with E-state index in [9.17, 15) is 0 Å². The van der Waals surface area contributed by atoms with Gasteiger partial charge >= 0.3 is 0 Å². The van der Waals surface area contributed by atoms with Crippen molar-refractivity contribution in [1.82, 2.24) is 10.6 Å². The first-order valence-electron chi connectivity index (χ1n) is 7.37. The number of rotatable bonds is 2. The van der Waals surface area contributed by atoms with Gasteiger partial charge in [-0.05, 0) is 51.5 Å². The van der Waals surface area contributed by atoms with E-state index in [-0.39, 0.29) is 0 Å². The molecule has 3 aliphatic rings. The van der Waals surface area contributed by atoms with Gasteiger partial charge < -0.3 is 10.6 Å². The van der Waals surface area contributed by atoms with Gasteiger partial charge in [0.15, 0.2) is 0 Å². The zero-order valence-electron chi connectivity index (χ0n) is 10.4. The third-order valence-corrected chi connectivity index (χ3v) is 5.02. The van der Waals surface area contributed by atoms with E-state index >= 15 is 0 Å². The second-order valence-electron chi connectivity index (χ2n) is 6.25. The maximum Gasteiger partial charge on any atom is 0.0196 e. The van der Waals surface area contributed by atoms with Crippen molar-refractivity contribution in [1.29, 1.82) is 0 Å². The van der Waals surface area contributed by atoms with E-state index in [4.69, 9.17) is 0 Å². The van der Waals surface area contributed by atoms with Gasteiger partial charge in [-0.3, -0.25) is 0 Å². The summed E-state index contributed by atoms with van der Waals surface area (Å²) in [6.45, 7) is 1.24. The summed E-state index contributed by atoms with van der Waals surface area (Å²) in [5.74, 6) is 0. The standard InChI is InChI=1S/C14H26N2/c1-2-5-12(6-3-1)16-13-7-10-15-14(11-13)8-4-9-14/h12-13,15-16H,1-11H2. The lowest BCUT2D eigenvalue weighted by Crippen LogP contribution is -2.60. The van der Waals surface area contributed by atoms with Crippen LogP contribution >= 0.6 is 0 Å². The number of hydrogen-bond acceptors (Lipinski definition) is 2. The fourth-order valence-electron chi connectivity index (χ4n) is 3.89. The van der Waals surface area contributed by atoms with Gasteiger partial charge in [-0.25, -0.2) is 0 Å². The first kappa shape index (κ1) is 11.0. The summed E-state index contributed by atoms with van der Waals surface area (Å²) in [6, 6.07) is 1.65. The molecule has 0 aromatic heterocycles. The van der Waals surface area contributed by atoms with Crippen molar-refractivity contribution in [3.8, 4) is 0 Å². The molecule has 0 radical (unpaired) electrons. The van der Waals surface area contributed by atoms with Crippen molar-refractivity contribution in [3.63, 3.8) is 0 Å². The highest BCUT2D eigenvalue weighted by Gasteiger charge is 2.41. The van der Waals surface area contributed by atoms with Gasteiger partial charge in [0.2, 0.25) is 0 Å². The minimum Gasteiger partial charge on any atom is -0.311 e. The zero-order valence-corrected chi connectivity index (χ0v) is 10.4. The maximum absolute atomic E-state index is 3.94. The average Bonchev–Trinajstić information content (AvgIpc) is 2.29. The number of hydrogen-bond donors (Lipinski definition) is 2. The normalized spacial score (nSPS) is 34.9. The Labute approximate surface area is 99.6 Å². The van der Waals surface area contributed by atoms with Crippen LogP contribution in [0.15, 0.2) is 0 Å². The Morgan fingerprint density at radius 2 is 1.69 bits per heavy atom. The molecule has 2 heteroatoms. The predicted molar refractivity (Wildman–Crippen MR) is 67.6 cm³/mol. The lowest BCUT2D eigenvalue weighted by atomic mass is 9.70. The molecule has 2 aliphatic carbocycles. The summed E-state index contributed by atoms with van der Waals surface area (Å²) in [5, 5.41) is 7.70. The minimum atomic E-state index is 0.560. The van der Waals surface area contributed by atoms with Crippen molar-refractivity contribution < 1.29 is 0 Å². The number of nitrogens with one attached hydrogen (secondary N) is 2.